The van der Waals surface area contributed by atoms with Crippen molar-refractivity contribution in [1.29, 1.82) is 0 Å². The van der Waals surface area contributed by atoms with Gasteiger partial charge in [-0.2, -0.15) is 0 Å². The van der Waals surface area contributed by atoms with Crippen LogP contribution in [0.4, 0.5) is 4.39 Å². The number of para-hydroxylation sites is 6. The van der Waals surface area contributed by atoms with Crippen LogP contribution in [0.3, 0.4) is 0 Å². The Morgan fingerprint density at radius 1 is 0.212 bits per heavy atom. The molecule has 0 radical (unpaired) electrons. The quantitative estimate of drug-likeness (QED) is 0.127. The van der Waals surface area contributed by atoms with Gasteiger partial charge in [-0.1, -0.05) is 338 Å². The molecule has 628 valence electrons. The van der Waals surface area contributed by atoms with Gasteiger partial charge in [0, 0.05) is 109 Å². The monoisotopic (exact) mass is 1770 g/mol. The lowest BCUT2D eigenvalue weighted by atomic mass is 9.94. The lowest BCUT2D eigenvalue weighted by molar-refractivity contribution is 0.627. The van der Waals surface area contributed by atoms with Gasteiger partial charge >= 0.3 is 0 Å². The molecule has 20 aromatic carbocycles. The van der Waals surface area contributed by atoms with Gasteiger partial charge in [-0.3, -0.25) is 4.98 Å². The van der Waals surface area contributed by atoms with E-state index in [2.05, 4.69) is 377 Å². The van der Waals surface area contributed by atoms with Gasteiger partial charge in [-0.15, -0.1) is 0 Å². The molecule has 25 aromatic rings. The normalized spacial score (nSPS) is 11.4. The van der Waals surface area contributed by atoms with Crippen molar-refractivity contribution >= 4 is 155 Å². The Hall–Kier alpha value is -15.6. The van der Waals surface area contributed by atoms with E-state index < -0.39 is 0 Å². The summed E-state index contributed by atoms with van der Waals surface area (Å²) >= 11 is 25.0. The predicted octanol–water partition coefficient (Wildman–Crippen LogP) is 35.6. The SMILES string of the molecule is Cc1cccc(-n2c3ccc(-c4cccc5ccccc45)cc3c3ccc(-c4ccc(Cl)cc4)cc32)c1.Clc1cccc(-c2cc(-c3ccccc3)c3c4ccccc4n(-c4ccccc4)c3c2)c1.Clc1cccc(-c2ccc3c4cccc(-c5cccc6cccnc56)c4n(-c4ccccc4)c3c2)c1.Fc1ccc(-n2c3ccccc3c3ccc(-c4cccc(Cl)c4)cc32)cc1. The van der Waals surface area contributed by atoms with Crippen molar-refractivity contribution in [2.24, 2.45) is 0 Å². The molecule has 10 heteroatoms. The van der Waals surface area contributed by atoms with Gasteiger partial charge in [0.2, 0.25) is 0 Å². The summed E-state index contributed by atoms with van der Waals surface area (Å²) < 4.78 is 22.8. The molecular weight excluding hydrogens is 1700 g/mol. The predicted molar refractivity (Wildman–Crippen MR) is 559 cm³/mol. The molecule has 25 rings (SSSR count). The first kappa shape index (κ1) is 82.1. The number of aromatic nitrogens is 5. The first-order chi connectivity index (χ1) is 64.9. The zero-order valence-electron chi connectivity index (χ0n) is 71.6. The minimum absolute atomic E-state index is 0.237. The van der Waals surface area contributed by atoms with Crippen LogP contribution < -0.4 is 0 Å². The highest BCUT2D eigenvalue weighted by atomic mass is 35.5. The van der Waals surface area contributed by atoms with E-state index in [-0.39, 0.29) is 5.82 Å². The van der Waals surface area contributed by atoms with E-state index in [0.29, 0.717) is 5.02 Å². The molecule has 0 saturated carbocycles. The van der Waals surface area contributed by atoms with E-state index in [4.69, 9.17) is 51.4 Å². The summed E-state index contributed by atoms with van der Waals surface area (Å²) in [5.41, 5.74) is 32.2. The fourth-order valence-corrected chi connectivity index (χ4v) is 19.8. The molecular formula is C122H80Cl4FN5. The van der Waals surface area contributed by atoms with Gasteiger partial charge in [0.1, 0.15) is 5.82 Å². The van der Waals surface area contributed by atoms with Gasteiger partial charge in [-0.25, -0.2) is 4.39 Å². The van der Waals surface area contributed by atoms with E-state index in [1.165, 1.54) is 138 Å². The summed E-state index contributed by atoms with van der Waals surface area (Å²) in [7, 11) is 0. The van der Waals surface area contributed by atoms with Gasteiger partial charge in [-0.05, 0) is 260 Å². The molecule has 0 unspecified atom stereocenters. The molecule has 0 fully saturated rings. The summed E-state index contributed by atoms with van der Waals surface area (Å²) in [6.45, 7) is 2.15. The highest BCUT2D eigenvalue weighted by Crippen LogP contribution is 2.47. The van der Waals surface area contributed by atoms with Gasteiger partial charge in [0.05, 0.1) is 49.7 Å². The second-order valence-corrected chi connectivity index (χ2v) is 35.0. The fourth-order valence-electron chi connectivity index (χ4n) is 19.1. The maximum atomic E-state index is 13.5. The summed E-state index contributed by atoms with van der Waals surface area (Å²) in [4.78, 5) is 4.76. The molecule has 132 heavy (non-hydrogen) atoms. The van der Waals surface area contributed by atoms with Crippen LogP contribution in [0, 0.1) is 12.7 Å². The summed E-state index contributed by atoms with van der Waals surface area (Å²) in [5, 5.41) is 16.4. The Balaban J connectivity index is 0.000000103. The second kappa shape index (κ2) is 35.4. The second-order valence-electron chi connectivity index (χ2n) is 33.2. The molecule has 0 bridgehead atoms. The molecule has 0 aliphatic carbocycles. The van der Waals surface area contributed by atoms with Crippen LogP contribution in [0.25, 0.3) is 210 Å². The number of hydrogen-bond acceptors (Lipinski definition) is 1. The Bertz CT molecular complexity index is 8710. The molecule has 0 aliphatic heterocycles. The van der Waals surface area contributed by atoms with Crippen LogP contribution in [0.1, 0.15) is 5.56 Å². The number of halogens is 5. The first-order valence-corrected chi connectivity index (χ1v) is 45.6. The number of benzene rings is 20. The smallest absolute Gasteiger partial charge is 0.123 e. The molecule has 0 N–H and O–H groups in total. The minimum Gasteiger partial charge on any atom is -0.309 e. The molecule has 0 aliphatic rings. The van der Waals surface area contributed by atoms with Crippen LogP contribution in [-0.2, 0) is 0 Å². The van der Waals surface area contributed by atoms with Crippen molar-refractivity contribution in [3.05, 3.63) is 499 Å². The fraction of sp³-hybridized carbons (Fsp3) is 0.00820. The van der Waals surface area contributed by atoms with E-state index in [9.17, 15) is 4.39 Å². The highest BCUT2D eigenvalue weighted by Gasteiger charge is 2.24. The van der Waals surface area contributed by atoms with E-state index in [1.807, 2.05) is 103 Å². The van der Waals surface area contributed by atoms with E-state index in [0.717, 1.165) is 104 Å². The Labute approximate surface area is 783 Å². The van der Waals surface area contributed by atoms with Crippen molar-refractivity contribution in [1.82, 2.24) is 23.3 Å². The molecule has 0 saturated heterocycles. The number of hydrogen-bond donors (Lipinski definition) is 0. The van der Waals surface area contributed by atoms with Crippen molar-refractivity contribution in [3.63, 3.8) is 0 Å². The average Bonchev–Trinajstić information content (AvgIpc) is 1.52. The average molecular weight is 1780 g/mol. The zero-order chi connectivity index (χ0) is 88.9. The number of nitrogens with zero attached hydrogens (tertiary/aromatic N) is 5. The Kier molecular flexibility index (Phi) is 22.0. The maximum absolute atomic E-state index is 13.5. The lowest BCUT2D eigenvalue weighted by Crippen LogP contribution is -1.96. The number of fused-ring (bicyclic) bond motifs is 14. The number of pyridine rings is 1. The Morgan fingerprint density at radius 3 is 1.28 bits per heavy atom. The van der Waals surface area contributed by atoms with Crippen LogP contribution >= 0.6 is 46.4 Å². The lowest BCUT2D eigenvalue weighted by Gasteiger charge is -2.13. The molecule has 5 aromatic heterocycles. The van der Waals surface area contributed by atoms with Gasteiger partial charge in [0.15, 0.2) is 0 Å². The summed E-state index contributed by atoms with van der Waals surface area (Å²) in [6, 6.07) is 160. The van der Waals surface area contributed by atoms with E-state index >= 15 is 0 Å². The molecule has 0 atom stereocenters. The summed E-state index contributed by atoms with van der Waals surface area (Å²) in [5.74, 6) is -0.237. The minimum atomic E-state index is -0.237. The molecule has 0 spiro atoms. The topological polar surface area (TPSA) is 32.6 Å². The van der Waals surface area contributed by atoms with Gasteiger partial charge < -0.3 is 18.3 Å². The van der Waals surface area contributed by atoms with Crippen molar-refractivity contribution in [3.8, 4) is 101 Å². The largest absolute Gasteiger partial charge is 0.309 e. The van der Waals surface area contributed by atoms with Crippen LogP contribution in [0.5, 0.6) is 0 Å². The third kappa shape index (κ3) is 15.7. The number of rotatable bonds is 11. The molecule has 5 heterocycles. The van der Waals surface area contributed by atoms with Crippen molar-refractivity contribution in [2.75, 3.05) is 0 Å². The van der Waals surface area contributed by atoms with Crippen molar-refractivity contribution in [2.45, 2.75) is 6.92 Å². The van der Waals surface area contributed by atoms with Crippen LogP contribution in [0.2, 0.25) is 20.1 Å². The standard InChI is InChI=1S/C35H24ClN.C33H21ClN2.C30H20ClN.C24H15ClFN/c1-23-6-4-9-29(20-23)37-34-19-15-27(31-11-5-8-25-7-2-3-10-30(25)31)21-33(34)32-18-14-26(22-35(32)37)24-12-16-28(36)17-13-24;34-25-11-4-9-23(20-25)24-17-18-27-29-15-6-16-30(28-14-5-8-22-10-7-19-35-32(22)28)33(29)36(31(27)21-24)26-12-2-1-3-13-26;31-24-13-9-12-22(18-24)23-19-27(21-10-3-1-4-11-21)30-26-16-7-8-17-28(26)32(29(30)20-23)25-14-5-2-6-15-25;25-18-5-3-4-16(14-18)17-8-13-22-21-6-1-2-7-23(21)27(24(22)15-17)20-11-9-19(26)10-12-20/h2-22H,1H3;1-21H;1-20H;1-15H. The van der Waals surface area contributed by atoms with Gasteiger partial charge in [0.25, 0.3) is 0 Å². The third-order valence-electron chi connectivity index (χ3n) is 25.1. The zero-order valence-corrected chi connectivity index (χ0v) is 74.6. The molecule has 5 nitrogen and oxygen atoms in total. The van der Waals surface area contributed by atoms with Crippen molar-refractivity contribution < 1.29 is 4.39 Å². The van der Waals surface area contributed by atoms with Crippen LogP contribution in [-0.4, -0.2) is 23.3 Å². The first-order valence-electron chi connectivity index (χ1n) is 44.0. The van der Waals surface area contributed by atoms with E-state index in [1.54, 1.807) is 0 Å². The highest BCUT2D eigenvalue weighted by molar-refractivity contribution is 6.32. The summed E-state index contributed by atoms with van der Waals surface area (Å²) in [6.07, 6.45) is 1.87. The number of aryl methyl sites for hydroxylation is 1. The maximum Gasteiger partial charge on any atom is 0.123 e. The third-order valence-corrected chi connectivity index (χ3v) is 26.1. The van der Waals surface area contributed by atoms with Crippen LogP contribution in [0.15, 0.2) is 467 Å². The molecule has 0 amide bonds. The Morgan fingerprint density at radius 2 is 0.629 bits per heavy atom.